The van der Waals surface area contributed by atoms with Gasteiger partial charge in [-0.15, -0.1) is 11.8 Å². The summed E-state index contributed by atoms with van der Waals surface area (Å²) in [6.45, 7) is 0.709. The number of para-hydroxylation sites is 2. The molecule has 2 rings (SSSR count). The molecule has 108 valence electrons. The summed E-state index contributed by atoms with van der Waals surface area (Å²) in [4.78, 5) is 21.8. The zero-order valence-electron chi connectivity index (χ0n) is 10.7. The maximum Gasteiger partial charge on any atom is 0.313 e. The quantitative estimate of drug-likeness (QED) is 0.806. The number of rotatable bonds is 6. The average molecular weight is 297 g/mol. The Kier molecular flexibility index (Phi) is 5.11. The molecule has 1 heterocycles. The number of nitrogens with one attached hydrogen (secondary N) is 1. The summed E-state index contributed by atoms with van der Waals surface area (Å²) in [5, 5.41) is 11.2. The molecule has 7 heteroatoms. The van der Waals surface area contributed by atoms with E-state index in [1.165, 1.54) is 0 Å². The van der Waals surface area contributed by atoms with Crippen LogP contribution in [0.5, 0.6) is 11.5 Å². The molecular formula is C13H15NO5S. The zero-order chi connectivity index (χ0) is 14.4. The maximum absolute atomic E-state index is 11.5. The van der Waals surface area contributed by atoms with Crippen LogP contribution in [-0.2, 0) is 9.59 Å². The van der Waals surface area contributed by atoms with E-state index in [4.69, 9.17) is 14.6 Å². The second kappa shape index (κ2) is 7.04. The number of ether oxygens (including phenoxy) is 2. The molecule has 1 aliphatic heterocycles. The summed E-state index contributed by atoms with van der Waals surface area (Å²) < 4.78 is 11.2. The molecule has 1 aromatic rings. The van der Waals surface area contributed by atoms with Gasteiger partial charge in [0.25, 0.3) is 0 Å². The van der Waals surface area contributed by atoms with Gasteiger partial charge in [-0.2, -0.15) is 0 Å². The van der Waals surface area contributed by atoms with Crippen molar-refractivity contribution in [1.29, 1.82) is 0 Å². The number of carboxylic acids is 1. The highest BCUT2D eigenvalue weighted by Crippen LogP contribution is 2.30. The Hall–Kier alpha value is -1.89. The smallest absolute Gasteiger partial charge is 0.313 e. The first-order valence-corrected chi connectivity index (χ1v) is 7.25. The number of aliphatic carboxylic acids is 1. The summed E-state index contributed by atoms with van der Waals surface area (Å²) in [6, 6.07) is 7.36. The second-order valence-electron chi connectivity index (χ2n) is 4.19. The SMILES string of the molecule is O=C(O)CSCC(=O)NC[C@@H]1COc2ccccc2O1. The van der Waals surface area contributed by atoms with Crippen LogP contribution in [0.25, 0.3) is 0 Å². The van der Waals surface area contributed by atoms with Crippen molar-refractivity contribution in [2.45, 2.75) is 6.10 Å². The monoisotopic (exact) mass is 297 g/mol. The van der Waals surface area contributed by atoms with Gasteiger partial charge in [0.1, 0.15) is 12.7 Å². The van der Waals surface area contributed by atoms with Crippen molar-refractivity contribution in [2.75, 3.05) is 24.7 Å². The molecule has 20 heavy (non-hydrogen) atoms. The summed E-state index contributed by atoms with van der Waals surface area (Å²) in [7, 11) is 0. The van der Waals surface area contributed by atoms with Crippen molar-refractivity contribution in [3.63, 3.8) is 0 Å². The fourth-order valence-corrected chi connectivity index (χ4v) is 2.24. The highest BCUT2D eigenvalue weighted by molar-refractivity contribution is 8.00. The van der Waals surface area contributed by atoms with Crippen molar-refractivity contribution in [3.8, 4) is 11.5 Å². The van der Waals surface area contributed by atoms with Gasteiger partial charge in [0.2, 0.25) is 5.91 Å². The minimum absolute atomic E-state index is 0.0795. The van der Waals surface area contributed by atoms with E-state index < -0.39 is 5.97 Å². The first-order valence-electron chi connectivity index (χ1n) is 6.10. The number of thioether (sulfide) groups is 1. The normalized spacial score (nSPS) is 16.5. The standard InChI is InChI=1S/C13H15NO5S/c15-12(7-20-8-13(16)17)14-5-9-6-18-10-3-1-2-4-11(10)19-9/h1-4,9H,5-8H2,(H,14,15)(H,16,17)/t9-/m1/s1. The summed E-state index contributed by atoms with van der Waals surface area (Å²) in [6.07, 6.45) is -0.238. The van der Waals surface area contributed by atoms with Gasteiger partial charge in [-0.3, -0.25) is 9.59 Å². The van der Waals surface area contributed by atoms with Crippen LogP contribution in [0.3, 0.4) is 0 Å². The van der Waals surface area contributed by atoms with Gasteiger partial charge in [-0.05, 0) is 12.1 Å². The molecule has 0 aromatic heterocycles. The molecule has 0 aliphatic carbocycles. The van der Waals surface area contributed by atoms with Crippen LogP contribution in [0.1, 0.15) is 0 Å². The number of carbonyl (C=O) groups excluding carboxylic acids is 1. The Morgan fingerprint density at radius 1 is 1.30 bits per heavy atom. The van der Waals surface area contributed by atoms with E-state index in [0.717, 1.165) is 11.8 Å². The molecule has 0 spiro atoms. The first kappa shape index (κ1) is 14.5. The summed E-state index contributed by atoms with van der Waals surface area (Å²) in [5.41, 5.74) is 0. The predicted octanol–water partition coefficient (Wildman–Crippen LogP) is 0.760. The Morgan fingerprint density at radius 3 is 2.80 bits per heavy atom. The van der Waals surface area contributed by atoms with Crippen LogP contribution in [0.2, 0.25) is 0 Å². The third kappa shape index (κ3) is 4.34. The molecule has 6 nitrogen and oxygen atoms in total. The number of hydrogen-bond donors (Lipinski definition) is 2. The maximum atomic E-state index is 11.5. The van der Waals surface area contributed by atoms with Gasteiger partial charge in [-0.1, -0.05) is 12.1 Å². The van der Waals surface area contributed by atoms with Crippen LogP contribution < -0.4 is 14.8 Å². The number of amides is 1. The highest BCUT2D eigenvalue weighted by atomic mass is 32.2. The number of carbonyl (C=O) groups is 2. The molecule has 0 bridgehead atoms. The minimum atomic E-state index is -0.927. The third-order valence-electron chi connectivity index (χ3n) is 2.55. The number of benzene rings is 1. The lowest BCUT2D eigenvalue weighted by molar-refractivity contribution is -0.133. The molecule has 0 unspecified atom stereocenters. The van der Waals surface area contributed by atoms with E-state index in [0.29, 0.717) is 24.7 Å². The molecule has 0 saturated heterocycles. The van der Waals surface area contributed by atoms with E-state index >= 15 is 0 Å². The van der Waals surface area contributed by atoms with Crippen molar-refractivity contribution in [3.05, 3.63) is 24.3 Å². The average Bonchev–Trinajstić information content (AvgIpc) is 2.44. The fourth-order valence-electron chi connectivity index (χ4n) is 1.67. The van der Waals surface area contributed by atoms with Crippen LogP contribution in [-0.4, -0.2) is 47.7 Å². The lowest BCUT2D eigenvalue weighted by Gasteiger charge is -2.26. The van der Waals surface area contributed by atoms with E-state index in [-0.39, 0.29) is 23.5 Å². The lowest BCUT2D eigenvalue weighted by atomic mass is 10.2. The fraction of sp³-hybridized carbons (Fsp3) is 0.385. The minimum Gasteiger partial charge on any atom is -0.486 e. The predicted molar refractivity (Wildman–Crippen MR) is 74.3 cm³/mol. The Morgan fingerprint density at radius 2 is 2.05 bits per heavy atom. The van der Waals surface area contributed by atoms with Crippen LogP contribution in [0.15, 0.2) is 24.3 Å². The molecule has 2 N–H and O–H groups in total. The molecule has 1 aliphatic rings. The van der Waals surface area contributed by atoms with Gasteiger partial charge in [0.15, 0.2) is 11.5 Å². The molecule has 1 atom stereocenters. The molecule has 1 amide bonds. The van der Waals surface area contributed by atoms with Gasteiger partial charge >= 0.3 is 5.97 Å². The van der Waals surface area contributed by atoms with E-state index in [1.807, 2.05) is 24.3 Å². The topological polar surface area (TPSA) is 84.9 Å². The summed E-state index contributed by atoms with van der Waals surface area (Å²) in [5.74, 6) is 0.271. The van der Waals surface area contributed by atoms with Gasteiger partial charge in [0.05, 0.1) is 18.1 Å². The van der Waals surface area contributed by atoms with Gasteiger partial charge < -0.3 is 19.9 Å². The second-order valence-corrected chi connectivity index (χ2v) is 5.17. The van der Waals surface area contributed by atoms with Gasteiger partial charge in [0, 0.05) is 0 Å². The number of fused-ring (bicyclic) bond motifs is 1. The van der Waals surface area contributed by atoms with Gasteiger partial charge in [-0.25, -0.2) is 0 Å². The Labute approximate surface area is 120 Å². The molecule has 0 fully saturated rings. The number of carboxylic acid groups (broad SMARTS) is 1. The van der Waals surface area contributed by atoms with E-state index in [2.05, 4.69) is 5.32 Å². The molecule has 0 saturated carbocycles. The zero-order valence-corrected chi connectivity index (χ0v) is 11.5. The van der Waals surface area contributed by atoms with E-state index in [9.17, 15) is 9.59 Å². The summed E-state index contributed by atoms with van der Waals surface area (Å²) >= 11 is 1.06. The van der Waals surface area contributed by atoms with Crippen LogP contribution in [0, 0.1) is 0 Å². The van der Waals surface area contributed by atoms with Crippen LogP contribution in [0.4, 0.5) is 0 Å². The van der Waals surface area contributed by atoms with E-state index in [1.54, 1.807) is 0 Å². The van der Waals surface area contributed by atoms with Crippen molar-refractivity contribution in [1.82, 2.24) is 5.32 Å². The molecular weight excluding hydrogens is 282 g/mol. The lowest BCUT2D eigenvalue weighted by Crippen LogP contribution is -2.41. The Bertz CT molecular complexity index is 493. The first-order chi connectivity index (χ1) is 9.65. The largest absolute Gasteiger partial charge is 0.486 e. The number of hydrogen-bond acceptors (Lipinski definition) is 5. The van der Waals surface area contributed by atoms with Crippen LogP contribution >= 0.6 is 11.8 Å². The van der Waals surface area contributed by atoms with Crippen molar-refractivity contribution >= 4 is 23.6 Å². The Balaban J connectivity index is 1.70. The highest BCUT2D eigenvalue weighted by Gasteiger charge is 2.20. The molecule has 0 radical (unpaired) electrons. The third-order valence-corrected chi connectivity index (χ3v) is 3.47. The molecule has 1 aromatic carbocycles. The van der Waals surface area contributed by atoms with Crippen molar-refractivity contribution < 1.29 is 24.2 Å². The van der Waals surface area contributed by atoms with Crippen molar-refractivity contribution in [2.24, 2.45) is 0 Å².